The van der Waals surface area contributed by atoms with E-state index in [0.29, 0.717) is 0 Å². The number of methoxy groups -OCH3 is 1. The Morgan fingerprint density at radius 3 is 2.50 bits per heavy atom. The van der Waals surface area contributed by atoms with E-state index in [1.807, 2.05) is 42.5 Å². The summed E-state index contributed by atoms with van der Waals surface area (Å²) in [5.74, 6) is 0.855. The Hall–Kier alpha value is -1.84. The van der Waals surface area contributed by atoms with Crippen LogP contribution >= 0.6 is 0 Å². The second kappa shape index (κ2) is 7.68. The fourth-order valence-electron chi connectivity index (χ4n) is 2.14. The molecule has 0 aliphatic carbocycles. The van der Waals surface area contributed by atoms with Crippen molar-refractivity contribution in [3.8, 4) is 5.75 Å². The zero-order valence-corrected chi connectivity index (χ0v) is 11.8. The minimum Gasteiger partial charge on any atom is -0.497 e. The predicted octanol–water partition coefficient (Wildman–Crippen LogP) is 2.39. The standard InChI is InChI=1S/C17H21NO2/c1-20-17-9-5-8-15(11-17)12-18-16(13-19)10-14-6-3-2-4-7-14/h2-9,11,16,18-19H,10,12-13H2,1H3/t16-/m0/s1. The maximum absolute atomic E-state index is 9.48. The van der Waals surface area contributed by atoms with E-state index in [0.717, 1.165) is 24.3 Å². The summed E-state index contributed by atoms with van der Waals surface area (Å²) < 4.78 is 5.21. The van der Waals surface area contributed by atoms with E-state index < -0.39 is 0 Å². The number of hydrogen-bond acceptors (Lipinski definition) is 3. The van der Waals surface area contributed by atoms with Gasteiger partial charge in [-0.3, -0.25) is 0 Å². The van der Waals surface area contributed by atoms with Crippen molar-refractivity contribution in [2.24, 2.45) is 0 Å². The Kier molecular flexibility index (Phi) is 5.59. The maximum atomic E-state index is 9.48. The molecule has 2 aromatic rings. The summed E-state index contributed by atoms with van der Waals surface area (Å²) in [5.41, 5.74) is 2.38. The number of aliphatic hydroxyl groups is 1. The van der Waals surface area contributed by atoms with Crippen LogP contribution in [0.4, 0.5) is 0 Å². The predicted molar refractivity (Wildman–Crippen MR) is 80.9 cm³/mol. The molecule has 0 amide bonds. The molecule has 0 saturated heterocycles. The molecule has 2 N–H and O–H groups in total. The maximum Gasteiger partial charge on any atom is 0.119 e. The lowest BCUT2D eigenvalue weighted by Gasteiger charge is -2.16. The van der Waals surface area contributed by atoms with Crippen LogP contribution in [0.15, 0.2) is 54.6 Å². The lowest BCUT2D eigenvalue weighted by molar-refractivity contribution is 0.241. The summed E-state index contributed by atoms with van der Waals surface area (Å²) in [6.07, 6.45) is 0.821. The highest BCUT2D eigenvalue weighted by atomic mass is 16.5. The molecule has 0 aliphatic rings. The number of hydrogen-bond donors (Lipinski definition) is 2. The molecule has 0 bridgehead atoms. The van der Waals surface area contributed by atoms with Crippen LogP contribution in [0.25, 0.3) is 0 Å². The first-order valence-electron chi connectivity index (χ1n) is 6.83. The molecule has 1 atom stereocenters. The first kappa shape index (κ1) is 14.6. The highest BCUT2D eigenvalue weighted by molar-refractivity contribution is 5.28. The van der Waals surface area contributed by atoms with E-state index in [9.17, 15) is 5.11 Å². The van der Waals surface area contributed by atoms with E-state index in [2.05, 4.69) is 17.4 Å². The van der Waals surface area contributed by atoms with Crippen molar-refractivity contribution in [3.63, 3.8) is 0 Å². The van der Waals surface area contributed by atoms with Crippen LogP contribution in [0.5, 0.6) is 5.75 Å². The number of benzene rings is 2. The molecule has 2 rings (SSSR count). The highest BCUT2D eigenvalue weighted by Gasteiger charge is 2.08. The zero-order chi connectivity index (χ0) is 14.2. The monoisotopic (exact) mass is 271 g/mol. The Morgan fingerprint density at radius 1 is 1.05 bits per heavy atom. The first-order chi connectivity index (χ1) is 9.81. The largest absolute Gasteiger partial charge is 0.497 e. The molecule has 3 nitrogen and oxygen atoms in total. The second-order valence-electron chi connectivity index (χ2n) is 4.80. The van der Waals surface area contributed by atoms with Crippen molar-refractivity contribution in [2.45, 2.75) is 19.0 Å². The molecular weight excluding hydrogens is 250 g/mol. The molecule has 0 radical (unpaired) electrons. The average molecular weight is 271 g/mol. The Bertz CT molecular complexity index is 513. The van der Waals surface area contributed by atoms with Gasteiger partial charge in [-0.25, -0.2) is 0 Å². The van der Waals surface area contributed by atoms with E-state index in [1.165, 1.54) is 5.56 Å². The molecule has 0 unspecified atom stereocenters. The summed E-state index contributed by atoms with van der Waals surface area (Å²) in [4.78, 5) is 0. The summed E-state index contributed by atoms with van der Waals surface area (Å²) in [7, 11) is 1.67. The third-order valence-corrected chi connectivity index (χ3v) is 3.27. The SMILES string of the molecule is COc1cccc(CN[C@H](CO)Cc2ccccc2)c1. The van der Waals surface area contributed by atoms with Gasteiger partial charge in [0, 0.05) is 12.6 Å². The van der Waals surface area contributed by atoms with Gasteiger partial charge in [0.1, 0.15) is 5.75 Å². The number of aliphatic hydroxyl groups excluding tert-OH is 1. The van der Waals surface area contributed by atoms with Crippen LogP contribution in [0.2, 0.25) is 0 Å². The van der Waals surface area contributed by atoms with Crippen molar-refractivity contribution in [1.29, 1.82) is 0 Å². The van der Waals surface area contributed by atoms with Crippen LogP contribution in [-0.4, -0.2) is 24.9 Å². The van der Waals surface area contributed by atoms with Crippen molar-refractivity contribution in [3.05, 3.63) is 65.7 Å². The summed E-state index contributed by atoms with van der Waals surface area (Å²) in [6, 6.07) is 18.2. The lowest BCUT2D eigenvalue weighted by Crippen LogP contribution is -2.34. The minimum absolute atomic E-state index is 0.0589. The smallest absolute Gasteiger partial charge is 0.119 e. The number of ether oxygens (including phenoxy) is 1. The molecule has 0 fully saturated rings. The zero-order valence-electron chi connectivity index (χ0n) is 11.8. The fraction of sp³-hybridized carbons (Fsp3) is 0.294. The summed E-state index contributed by atoms with van der Waals surface area (Å²) >= 11 is 0. The third kappa shape index (κ3) is 4.37. The van der Waals surface area contributed by atoms with Gasteiger partial charge < -0.3 is 15.2 Å². The molecule has 2 aromatic carbocycles. The quantitative estimate of drug-likeness (QED) is 0.812. The fourth-order valence-corrected chi connectivity index (χ4v) is 2.14. The third-order valence-electron chi connectivity index (χ3n) is 3.27. The molecule has 20 heavy (non-hydrogen) atoms. The molecule has 0 saturated carbocycles. The Balaban J connectivity index is 1.90. The highest BCUT2D eigenvalue weighted by Crippen LogP contribution is 2.12. The Morgan fingerprint density at radius 2 is 1.80 bits per heavy atom. The first-order valence-corrected chi connectivity index (χ1v) is 6.83. The molecule has 0 heterocycles. The van der Waals surface area contributed by atoms with Crippen LogP contribution < -0.4 is 10.1 Å². The Labute approximate surface area is 120 Å². The van der Waals surface area contributed by atoms with Crippen molar-refractivity contribution < 1.29 is 9.84 Å². The van der Waals surface area contributed by atoms with Gasteiger partial charge in [-0.1, -0.05) is 42.5 Å². The molecular formula is C17H21NO2. The molecule has 106 valence electrons. The molecule has 3 heteroatoms. The van der Waals surface area contributed by atoms with Gasteiger partial charge in [0.05, 0.1) is 13.7 Å². The molecule has 0 aliphatic heterocycles. The van der Waals surface area contributed by atoms with Gasteiger partial charge in [-0.05, 0) is 29.7 Å². The van der Waals surface area contributed by atoms with Crippen LogP contribution in [-0.2, 0) is 13.0 Å². The normalized spacial score (nSPS) is 12.1. The van der Waals surface area contributed by atoms with Crippen LogP contribution in [0.3, 0.4) is 0 Å². The number of nitrogens with one attached hydrogen (secondary N) is 1. The van der Waals surface area contributed by atoms with E-state index >= 15 is 0 Å². The van der Waals surface area contributed by atoms with Gasteiger partial charge in [0.25, 0.3) is 0 Å². The van der Waals surface area contributed by atoms with Gasteiger partial charge in [-0.2, -0.15) is 0 Å². The summed E-state index contributed by atoms with van der Waals surface area (Å²) in [6.45, 7) is 0.841. The van der Waals surface area contributed by atoms with Gasteiger partial charge >= 0.3 is 0 Å². The van der Waals surface area contributed by atoms with E-state index in [-0.39, 0.29) is 12.6 Å². The van der Waals surface area contributed by atoms with E-state index in [4.69, 9.17) is 4.74 Å². The van der Waals surface area contributed by atoms with Gasteiger partial charge in [0.15, 0.2) is 0 Å². The van der Waals surface area contributed by atoms with Gasteiger partial charge in [0.2, 0.25) is 0 Å². The van der Waals surface area contributed by atoms with Crippen molar-refractivity contribution in [2.75, 3.05) is 13.7 Å². The van der Waals surface area contributed by atoms with Crippen LogP contribution in [0, 0.1) is 0 Å². The van der Waals surface area contributed by atoms with Crippen molar-refractivity contribution >= 4 is 0 Å². The van der Waals surface area contributed by atoms with Gasteiger partial charge in [-0.15, -0.1) is 0 Å². The summed E-state index contributed by atoms with van der Waals surface area (Å²) in [5, 5.41) is 12.9. The lowest BCUT2D eigenvalue weighted by atomic mass is 10.1. The van der Waals surface area contributed by atoms with Crippen LogP contribution in [0.1, 0.15) is 11.1 Å². The number of rotatable bonds is 7. The average Bonchev–Trinajstić information content (AvgIpc) is 2.52. The minimum atomic E-state index is 0.0589. The topological polar surface area (TPSA) is 41.5 Å². The second-order valence-corrected chi connectivity index (χ2v) is 4.80. The molecule has 0 spiro atoms. The van der Waals surface area contributed by atoms with Crippen molar-refractivity contribution in [1.82, 2.24) is 5.32 Å². The van der Waals surface area contributed by atoms with E-state index in [1.54, 1.807) is 7.11 Å². The molecule has 0 aromatic heterocycles.